The van der Waals surface area contributed by atoms with Gasteiger partial charge in [-0.2, -0.15) is 0 Å². The highest BCUT2D eigenvalue weighted by molar-refractivity contribution is 4.85. The van der Waals surface area contributed by atoms with Crippen LogP contribution in [-0.2, 0) is 0 Å². The standard InChI is InChI=1S/C10H20.C6H12.C3H6.2C2H6/c1-4-8(3)6-10-7-9(10)5-2;1-5-3-6(2)4-5;1-2-3-1;2*1-2/h8-10H,4-7H2,1-3H3;5-6H,3-4H2,1-2H3;1-3H2;2*1-2H3. The lowest BCUT2D eigenvalue weighted by Crippen LogP contribution is -2.16. The summed E-state index contributed by atoms with van der Waals surface area (Å²) in [6, 6.07) is 0. The van der Waals surface area contributed by atoms with Gasteiger partial charge in [0.15, 0.2) is 0 Å². The third kappa shape index (κ3) is 16.6. The van der Waals surface area contributed by atoms with E-state index in [4.69, 9.17) is 0 Å². The molecule has 3 aliphatic carbocycles. The van der Waals surface area contributed by atoms with E-state index in [-0.39, 0.29) is 0 Å². The fourth-order valence-electron chi connectivity index (χ4n) is 3.09. The highest BCUT2D eigenvalue weighted by Gasteiger charge is 2.35. The van der Waals surface area contributed by atoms with Crippen molar-refractivity contribution in [3.63, 3.8) is 0 Å². The fourth-order valence-corrected chi connectivity index (χ4v) is 3.09. The molecule has 0 aliphatic heterocycles. The molecular weight excluding hydrogens is 276 g/mol. The molecule has 0 aromatic carbocycles. The van der Waals surface area contributed by atoms with Gasteiger partial charge < -0.3 is 0 Å². The zero-order valence-corrected chi connectivity index (χ0v) is 18.3. The van der Waals surface area contributed by atoms with Crippen LogP contribution < -0.4 is 0 Å². The zero-order valence-electron chi connectivity index (χ0n) is 18.3. The van der Waals surface area contributed by atoms with Crippen LogP contribution in [0.25, 0.3) is 0 Å². The molecule has 0 amide bonds. The minimum absolute atomic E-state index is 0.974. The van der Waals surface area contributed by atoms with Crippen molar-refractivity contribution in [1.82, 2.24) is 0 Å². The molecular formula is C23H50. The second-order valence-electron chi connectivity index (χ2n) is 7.66. The molecule has 3 rings (SSSR count). The number of rotatable bonds is 4. The Morgan fingerprint density at radius 2 is 1.17 bits per heavy atom. The van der Waals surface area contributed by atoms with Crippen LogP contribution in [0.1, 0.15) is 120 Å². The highest BCUT2D eigenvalue weighted by atomic mass is 14.4. The van der Waals surface area contributed by atoms with Crippen molar-refractivity contribution in [1.29, 1.82) is 0 Å². The van der Waals surface area contributed by atoms with Gasteiger partial charge in [-0.3, -0.25) is 0 Å². The van der Waals surface area contributed by atoms with Crippen LogP contribution in [0.2, 0.25) is 0 Å². The predicted molar refractivity (Wildman–Crippen MR) is 110 cm³/mol. The molecule has 0 aromatic heterocycles. The van der Waals surface area contributed by atoms with E-state index in [0.29, 0.717) is 0 Å². The summed E-state index contributed by atoms with van der Waals surface area (Å²) in [5.41, 5.74) is 0. The maximum atomic E-state index is 2.38. The summed E-state index contributed by atoms with van der Waals surface area (Å²) in [5, 5.41) is 0. The second-order valence-corrected chi connectivity index (χ2v) is 7.66. The summed E-state index contributed by atoms with van der Waals surface area (Å²) in [4.78, 5) is 0. The van der Waals surface area contributed by atoms with E-state index in [0.717, 1.165) is 29.6 Å². The molecule has 3 saturated carbocycles. The highest BCUT2D eigenvalue weighted by Crippen LogP contribution is 2.45. The summed E-state index contributed by atoms with van der Waals surface area (Å²) in [5.74, 6) is 5.27. The van der Waals surface area contributed by atoms with Gasteiger partial charge in [0.05, 0.1) is 0 Å². The quantitative estimate of drug-likeness (QED) is 0.484. The molecule has 0 heteroatoms. The van der Waals surface area contributed by atoms with Crippen LogP contribution in [-0.4, -0.2) is 0 Å². The van der Waals surface area contributed by atoms with Crippen molar-refractivity contribution in [2.75, 3.05) is 0 Å². The first-order valence-electron chi connectivity index (χ1n) is 11.1. The van der Waals surface area contributed by atoms with Crippen LogP contribution in [0, 0.1) is 29.6 Å². The van der Waals surface area contributed by atoms with E-state index in [1.165, 1.54) is 57.8 Å². The van der Waals surface area contributed by atoms with E-state index in [1.54, 1.807) is 0 Å². The van der Waals surface area contributed by atoms with E-state index in [2.05, 4.69) is 34.6 Å². The lowest BCUT2D eigenvalue weighted by Gasteiger charge is -2.28. The molecule has 3 unspecified atom stereocenters. The average Bonchev–Trinajstić information content (AvgIpc) is 3.44. The Morgan fingerprint density at radius 3 is 1.35 bits per heavy atom. The van der Waals surface area contributed by atoms with Crippen molar-refractivity contribution in [2.24, 2.45) is 29.6 Å². The molecule has 23 heavy (non-hydrogen) atoms. The zero-order chi connectivity index (χ0) is 18.3. The number of hydrogen-bond donors (Lipinski definition) is 0. The van der Waals surface area contributed by atoms with E-state index in [1.807, 2.05) is 27.7 Å². The van der Waals surface area contributed by atoms with Crippen LogP contribution in [0.3, 0.4) is 0 Å². The van der Waals surface area contributed by atoms with Gasteiger partial charge in [0.2, 0.25) is 0 Å². The number of hydrogen-bond acceptors (Lipinski definition) is 0. The lowest BCUT2D eigenvalue weighted by molar-refractivity contribution is 0.233. The maximum Gasteiger partial charge on any atom is -0.0381 e. The van der Waals surface area contributed by atoms with Crippen molar-refractivity contribution >= 4 is 0 Å². The summed E-state index contributed by atoms with van der Waals surface area (Å²) in [6.45, 7) is 19.6. The van der Waals surface area contributed by atoms with Gasteiger partial charge in [-0.1, -0.05) is 94.4 Å². The van der Waals surface area contributed by atoms with E-state index in [9.17, 15) is 0 Å². The first-order valence-corrected chi connectivity index (χ1v) is 11.1. The molecule has 0 nitrogen and oxygen atoms in total. The maximum absolute atomic E-state index is 2.38. The van der Waals surface area contributed by atoms with E-state index < -0.39 is 0 Å². The van der Waals surface area contributed by atoms with Crippen molar-refractivity contribution in [3.05, 3.63) is 0 Å². The Balaban J connectivity index is 0. The minimum atomic E-state index is 0.974. The Bertz CT molecular complexity index is 203. The Hall–Kier alpha value is 0. The lowest BCUT2D eigenvalue weighted by atomic mass is 9.78. The summed E-state index contributed by atoms with van der Waals surface area (Å²) in [6.07, 6.45) is 13.3. The van der Waals surface area contributed by atoms with Gasteiger partial charge in [0, 0.05) is 0 Å². The summed E-state index contributed by atoms with van der Waals surface area (Å²) in [7, 11) is 0. The molecule has 0 radical (unpaired) electrons. The monoisotopic (exact) mass is 326 g/mol. The van der Waals surface area contributed by atoms with Gasteiger partial charge in [-0.25, -0.2) is 0 Å². The molecule has 0 heterocycles. The summed E-state index contributed by atoms with van der Waals surface area (Å²) >= 11 is 0. The third-order valence-electron chi connectivity index (χ3n) is 4.96. The van der Waals surface area contributed by atoms with Gasteiger partial charge in [-0.05, 0) is 55.3 Å². The van der Waals surface area contributed by atoms with Crippen molar-refractivity contribution in [3.8, 4) is 0 Å². The molecule has 0 saturated heterocycles. The Labute approximate surface area is 150 Å². The molecule has 0 spiro atoms. The molecule has 0 aromatic rings. The molecule has 0 bridgehead atoms. The fraction of sp³-hybridized carbons (Fsp3) is 1.00. The van der Waals surface area contributed by atoms with Gasteiger partial charge >= 0.3 is 0 Å². The van der Waals surface area contributed by atoms with Crippen molar-refractivity contribution < 1.29 is 0 Å². The smallest absolute Gasteiger partial charge is 0.0381 e. The minimum Gasteiger partial charge on any atom is -0.0683 e. The van der Waals surface area contributed by atoms with Crippen molar-refractivity contribution in [2.45, 2.75) is 120 Å². The van der Waals surface area contributed by atoms with Crippen LogP contribution >= 0.6 is 0 Å². The molecule has 3 fully saturated rings. The molecule has 3 aliphatic rings. The molecule has 0 N–H and O–H groups in total. The van der Waals surface area contributed by atoms with E-state index >= 15 is 0 Å². The second kappa shape index (κ2) is 16.8. The molecule has 142 valence electrons. The summed E-state index contributed by atoms with van der Waals surface area (Å²) < 4.78 is 0. The largest absolute Gasteiger partial charge is 0.0683 e. The topological polar surface area (TPSA) is 0 Å². The van der Waals surface area contributed by atoms with Gasteiger partial charge in [0.25, 0.3) is 0 Å². The molecule has 3 atom stereocenters. The normalized spacial score (nSPS) is 30.1. The SMILES string of the molecule is C1CC1.CC.CC.CC1CC(C)C1.CCC(C)CC1CC1CC. The first kappa shape index (κ1) is 25.2. The van der Waals surface area contributed by atoms with Gasteiger partial charge in [0.1, 0.15) is 0 Å². The van der Waals surface area contributed by atoms with Crippen LogP contribution in [0.4, 0.5) is 0 Å². The average molecular weight is 327 g/mol. The first-order chi connectivity index (χ1) is 11.1. The Kier molecular flexibility index (Phi) is 18.5. The predicted octanol–water partition coefficient (Wildman–Crippen LogP) is 8.74. The van der Waals surface area contributed by atoms with Crippen LogP contribution in [0.5, 0.6) is 0 Å². The van der Waals surface area contributed by atoms with Gasteiger partial charge in [-0.15, -0.1) is 0 Å². The van der Waals surface area contributed by atoms with Crippen LogP contribution in [0.15, 0.2) is 0 Å². The third-order valence-corrected chi connectivity index (χ3v) is 4.96. The Morgan fingerprint density at radius 1 is 0.739 bits per heavy atom.